The number of rotatable bonds is 2. The first kappa shape index (κ1) is 11.1. The summed E-state index contributed by atoms with van der Waals surface area (Å²) in [6.45, 7) is 0. The maximum absolute atomic E-state index is 11.3. The molecular weight excluding hydrogens is 222 g/mol. The Kier molecular flexibility index (Phi) is 2.74. The topological polar surface area (TPSA) is 69.4 Å². The van der Waals surface area contributed by atoms with Gasteiger partial charge in [0.25, 0.3) is 5.69 Å². The zero-order chi connectivity index (χ0) is 12.4. The molecule has 2 aromatic rings. The second-order valence-corrected chi connectivity index (χ2v) is 3.46. The van der Waals surface area contributed by atoms with Gasteiger partial charge in [0.05, 0.1) is 23.0 Å². The molecular formula is C12H9NO4. The molecule has 0 heterocycles. The van der Waals surface area contributed by atoms with E-state index in [1.807, 2.05) is 0 Å². The Morgan fingerprint density at radius 1 is 1.29 bits per heavy atom. The van der Waals surface area contributed by atoms with Crippen molar-refractivity contribution in [3.63, 3.8) is 0 Å². The first-order chi connectivity index (χ1) is 8.13. The summed E-state index contributed by atoms with van der Waals surface area (Å²) in [4.78, 5) is 21.7. The largest absolute Gasteiger partial charge is 0.465 e. The lowest BCUT2D eigenvalue weighted by atomic mass is 10.1. The van der Waals surface area contributed by atoms with E-state index in [4.69, 9.17) is 0 Å². The number of nitro benzene ring substituents is 1. The molecule has 0 aliphatic carbocycles. The van der Waals surface area contributed by atoms with Crippen molar-refractivity contribution in [1.29, 1.82) is 0 Å². The fourth-order valence-corrected chi connectivity index (χ4v) is 1.67. The number of ether oxygens (including phenoxy) is 1. The molecule has 2 aromatic carbocycles. The van der Waals surface area contributed by atoms with Gasteiger partial charge in [0.2, 0.25) is 0 Å². The molecule has 5 nitrogen and oxygen atoms in total. The number of esters is 1. The van der Waals surface area contributed by atoms with Crippen LogP contribution in [0.4, 0.5) is 5.69 Å². The van der Waals surface area contributed by atoms with Gasteiger partial charge in [-0.1, -0.05) is 12.1 Å². The Morgan fingerprint density at radius 2 is 2.06 bits per heavy atom. The van der Waals surface area contributed by atoms with Gasteiger partial charge >= 0.3 is 5.97 Å². The van der Waals surface area contributed by atoms with Gasteiger partial charge in [-0.15, -0.1) is 0 Å². The maximum Gasteiger partial charge on any atom is 0.337 e. The molecule has 0 N–H and O–H groups in total. The number of benzene rings is 2. The Hall–Kier alpha value is -2.43. The highest BCUT2D eigenvalue weighted by molar-refractivity contribution is 5.98. The van der Waals surface area contributed by atoms with Crippen LogP contribution >= 0.6 is 0 Å². The van der Waals surface area contributed by atoms with Crippen LogP contribution in [-0.2, 0) is 4.74 Å². The normalized spacial score (nSPS) is 10.2. The number of fused-ring (bicyclic) bond motifs is 1. The number of hydrogen-bond donors (Lipinski definition) is 0. The molecule has 0 unspecified atom stereocenters. The van der Waals surface area contributed by atoms with Crippen LogP contribution in [0.25, 0.3) is 10.8 Å². The molecule has 0 atom stereocenters. The van der Waals surface area contributed by atoms with Crippen LogP contribution in [0, 0.1) is 10.1 Å². The number of carbonyl (C=O) groups is 1. The van der Waals surface area contributed by atoms with E-state index in [0.29, 0.717) is 16.3 Å². The van der Waals surface area contributed by atoms with Crippen LogP contribution in [0.3, 0.4) is 0 Å². The highest BCUT2D eigenvalue weighted by atomic mass is 16.6. The van der Waals surface area contributed by atoms with Crippen molar-refractivity contribution in [2.45, 2.75) is 0 Å². The molecule has 0 saturated heterocycles. The van der Waals surface area contributed by atoms with Crippen molar-refractivity contribution < 1.29 is 14.5 Å². The molecule has 0 bridgehead atoms. The first-order valence-electron chi connectivity index (χ1n) is 4.89. The van der Waals surface area contributed by atoms with Crippen LogP contribution < -0.4 is 0 Å². The van der Waals surface area contributed by atoms with Gasteiger partial charge in [-0.2, -0.15) is 0 Å². The third kappa shape index (κ3) is 1.94. The van der Waals surface area contributed by atoms with Crippen molar-refractivity contribution in [1.82, 2.24) is 0 Å². The van der Waals surface area contributed by atoms with E-state index in [1.54, 1.807) is 24.3 Å². The molecule has 86 valence electrons. The standard InChI is InChI=1S/C12H9NO4/c1-17-12(14)9-5-6-10-8(7-9)3-2-4-11(10)13(15)16/h2-7H,1H3. The summed E-state index contributed by atoms with van der Waals surface area (Å²) in [7, 11) is 1.29. The SMILES string of the molecule is COC(=O)c1ccc2c([N+](=O)[O-])cccc2c1. The molecule has 0 amide bonds. The van der Waals surface area contributed by atoms with E-state index in [0.717, 1.165) is 0 Å². The number of nitrogens with zero attached hydrogens (tertiary/aromatic N) is 1. The monoisotopic (exact) mass is 231 g/mol. The van der Waals surface area contributed by atoms with Crippen LogP contribution in [-0.4, -0.2) is 18.0 Å². The van der Waals surface area contributed by atoms with Crippen molar-refractivity contribution in [2.75, 3.05) is 7.11 Å². The molecule has 2 rings (SSSR count). The number of carbonyl (C=O) groups excluding carboxylic acids is 1. The summed E-state index contributed by atoms with van der Waals surface area (Å²) in [5.41, 5.74) is 0.402. The smallest absolute Gasteiger partial charge is 0.337 e. The lowest BCUT2D eigenvalue weighted by molar-refractivity contribution is -0.383. The minimum absolute atomic E-state index is 0.0268. The second kappa shape index (κ2) is 4.21. The molecule has 0 saturated carbocycles. The Balaban J connectivity index is 2.65. The molecule has 5 heteroatoms. The van der Waals surface area contributed by atoms with Crippen molar-refractivity contribution in [3.05, 3.63) is 52.1 Å². The molecule has 0 radical (unpaired) electrons. The van der Waals surface area contributed by atoms with Gasteiger partial charge in [-0.25, -0.2) is 4.79 Å². The molecule has 0 spiro atoms. The number of nitro groups is 1. The van der Waals surface area contributed by atoms with Crippen molar-refractivity contribution in [2.24, 2.45) is 0 Å². The van der Waals surface area contributed by atoms with E-state index >= 15 is 0 Å². The zero-order valence-electron chi connectivity index (χ0n) is 9.04. The average Bonchev–Trinajstić information content (AvgIpc) is 2.36. The van der Waals surface area contributed by atoms with Gasteiger partial charge < -0.3 is 4.74 Å². The minimum atomic E-state index is -0.460. The summed E-state index contributed by atoms with van der Waals surface area (Å²) in [5, 5.41) is 11.9. The average molecular weight is 231 g/mol. The van der Waals surface area contributed by atoms with Gasteiger partial charge in [-0.3, -0.25) is 10.1 Å². The van der Waals surface area contributed by atoms with E-state index in [2.05, 4.69) is 4.74 Å². The predicted molar refractivity (Wildman–Crippen MR) is 61.9 cm³/mol. The molecule has 17 heavy (non-hydrogen) atoms. The second-order valence-electron chi connectivity index (χ2n) is 3.46. The predicted octanol–water partition coefficient (Wildman–Crippen LogP) is 2.53. The molecule has 0 fully saturated rings. The zero-order valence-corrected chi connectivity index (χ0v) is 9.04. The van der Waals surface area contributed by atoms with Crippen LogP contribution in [0.2, 0.25) is 0 Å². The Labute approximate surface area is 96.8 Å². The van der Waals surface area contributed by atoms with Crippen LogP contribution in [0.15, 0.2) is 36.4 Å². The van der Waals surface area contributed by atoms with Gasteiger partial charge in [0.15, 0.2) is 0 Å². The van der Waals surface area contributed by atoms with Gasteiger partial charge in [0.1, 0.15) is 0 Å². The summed E-state index contributed by atoms with van der Waals surface area (Å²) in [5.74, 6) is -0.460. The van der Waals surface area contributed by atoms with Crippen molar-refractivity contribution in [3.8, 4) is 0 Å². The Bertz CT molecular complexity index is 606. The highest BCUT2D eigenvalue weighted by Crippen LogP contribution is 2.26. The van der Waals surface area contributed by atoms with E-state index in [-0.39, 0.29) is 5.69 Å². The fourth-order valence-electron chi connectivity index (χ4n) is 1.67. The highest BCUT2D eigenvalue weighted by Gasteiger charge is 2.13. The third-order valence-corrected chi connectivity index (χ3v) is 2.48. The minimum Gasteiger partial charge on any atom is -0.465 e. The van der Waals surface area contributed by atoms with Crippen LogP contribution in [0.5, 0.6) is 0 Å². The van der Waals surface area contributed by atoms with E-state index in [1.165, 1.54) is 19.2 Å². The lowest BCUT2D eigenvalue weighted by Gasteiger charge is -2.02. The van der Waals surface area contributed by atoms with Gasteiger partial charge in [-0.05, 0) is 23.6 Å². The lowest BCUT2D eigenvalue weighted by Crippen LogP contribution is -2.00. The summed E-state index contributed by atoms with van der Waals surface area (Å²) >= 11 is 0. The number of non-ortho nitro benzene ring substituents is 1. The number of methoxy groups -OCH3 is 1. The maximum atomic E-state index is 11.3. The quantitative estimate of drug-likeness (QED) is 0.452. The van der Waals surface area contributed by atoms with E-state index < -0.39 is 10.9 Å². The van der Waals surface area contributed by atoms with E-state index in [9.17, 15) is 14.9 Å². The number of hydrogen-bond acceptors (Lipinski definition) is 4. The summed E-state index contributed by atoms with van der Waals surface area (Å²) in [6.07, 6.45) is 0. The van der Waals surface area contributed by atoms with Gasteiger partial charge in [0, 0.05) is 6.07 Å². The van der Waals surface area contributed by atoms with Crippen molar-refractivity contribution >= 4 is 22.4 Å². The fraction of sp³-hybridized carbons (Fsp3) is 0.0833. The molecule has 0 aliphatic rings. The summed E-state index contributed by atoms with van der Waals surface area (Å²) in [6, 6.07) is 9.38. The first-order valence-corrected chi connectivity index (χ1v) is 4.89. The molecule has 0 aromatic heterocycles. The molecule has 0 aliphatic heterocycles. The summed E-state index contributed by atoms with van der Waals surface area (Å²) < 4.78 is 4.59. The third-order valence-electron chi connectivity index (χ3n) is 2.48. The van der Waals surface area contributed by atoms with Crippen LogP contribution in [0.1, 0.15) is 10.4 Å². The Morgan fingerprint density at radius 3 is 2.71 bits per heavy atom.